The van der Waals surface area contributed by atoms with E-state index in [1.54, 1.807) is 13.2 Å². The Morgan fingerprint density at radius 1 is 1.45 bits per heavy atom. The van der Waals surface area contributed by atoms with Crippen molar-refractivity contribution < 1.29 is 14.6 Å². The van der Waals surface area contributed by atoms with Gasteiger partial charge in [0, 0.05) is 20.1 Å². The molecular weight excluding hydrogens is 144 g/mol. The molecule has 66 valence electrons. The molecule has 1 unspecified atom stereocenters. The topological polar surface area (TPSA) is 38.7 Å². The van der Waals surface area contributed by atoms with Gasteiger partial charge in [0.15, 0.2) is 6.29 Å². The van der Waals surface area contributed by atoms with Crippen LogP contribution in [0.15, 0.2) is 12.2 Å². The standard InChI is InChI=1S/C8H16O3/c1-3-11-8(10-2)6-4-5-7-9/h4-5,8-9H,3,6-7H2,1-2H3/b5-4+. The average molecular weight is 160 g/mol. The molecule has 0 aromatic rings. The van der Waals surface area contributed by atoms with Gasteiger partial charge in [0.05, 0.1) is 6.61 Å². The average Bonchev–Trinajstić information content (AvgIpc) is 2.03. The van der Waals surface area contributed by atoms with Gasteiger partial charge < -0.3 is 14.6 Å². The summed E-state index contributed by atoms with van der Waals surface area (Å²) in [5, 5.41) is 8.41. The first-order valence-electron chi connectivity index (χ1n) is 3.75. The van der Waals surface area contributed by atoms with Crippen LogP contribution in [-0.2, 0) is 9.47 Å². The molecule has 0 saturated heterocycles. The zero-order valence-electron chi connectivity index (χ0n) is 7.12. The van der Waals surface area contributed by atoms with Gasteiger partial charge >= 0.3 is 0 Å². The molecule has 0 aliphatic carbocycles. The molecule has 0 saturated carbocycles. The molecule has 3 heteroatoms. The van der Waals surface area contributed by atoms with Gasteiger partial charge in [-0.15, -0.1) is 0 Å². The lowest BCUT2D eigenvalue weighted by atomic mass is 10.3. The summed E-state index contributed by atoms with van der Waals surface area (Å²) in [6, 6.07) is 0. The minimum atomic E-state index is -0.178. The van der Waals surface area contributed by atoms with Crippen LogP contribution in [0.3, 0.4) is 0 Å². The Hall–Kier alpha value is -0.380. The van der Waals surface area contributed by atoms with Crippen LogP contribution in [0, 0.1) is 0 Å². The van der Waals surface area contributed by atoms with Crippen molar-refractivity contribution in [2.24, 2.45) is 0 Å². The first kappa shape index (κ1) is 10.6. The highest BCUT2D eigenvalue weighted by Crippen LogP contribution is 1.99. The highest BCUT2D eigenvalue weighted by Gasteiger charge is 2.01. The van der Waals surface area contributed by atoms with E-state index in [4.69, 9.17) is 14.6 Å². The summed E-state index contributed by atoms with van der Waals surface area (Å²) in [5.74, 6) is 0. The quantitative estimate of drug-likeness (QED) is 0.464. The number of hydrogen-bond donors (Lipinski definition) is 1. The van der Waals surface area contributed by atoms with Crippen molar-refractivity contribution in [3.8, 4) is 0 Å². The Balaban J connectivity index is 3.42. The van der Waals surface area contributed by atoms with Crippen molar-refractivity contribution in [2.45, 2.75) is 19.6 Å². The fourth-order valence-corrected chi connectivity index (χ4v) is 0.700. The van der Waals surface area contributed by atoms with Crippen molar-refractivity contribution in [3.63, 3.8) is 0 Å². The zero-order chi connectivity index (χ0) is 8.53. The number of aliphatic hydroxyl groups is 1. The number of methoxy groups -OCH3 is 1. The molecule has 0 spiro atoms. The van der Waals surface area contributed by atoms with E-state index in [1.165, 1.54) is 0 Å². The van der Waals surface area contributed by atoms with Crippen molar-refractivity contribution in [1.82, 2.24) is 0 Å². The second-order valence-corrected chi connectivity index (χ2v) is 2.01. The molecule has 1 atom stereocenters. The van der Waals surface area contributed by atoms with Gasteiger partial charge in [0.1, 0.15) is 0 Å². The van der Waals surface area contributed by atoms with Crippen molar-refractivity contribution in [1.29, 1.82) is 0 Å². The van der Waals surface area contributed by atoms with Crippen molar-refractivity contribution in [3.05, 3.63) is 12.2 Å². The molecule has 3 nitrogen and oxygen atoms in total. The first-order valence-corrected chi connectivity index (χ1v) is 3.75. The van der Waals surface area contributed by atoms with Gasteiger partial charge in [-0.1, -0.05) is 12.2 Å². The van der Waals surface area contributed by atoms with E-state index >= 15 is 0 Å². The van der Waals surface area contributed by atoms with E-state index in [1.807, 2.05) is 13.0 Å². The minimum absolute atomic E-state index is 0.0720. The third kappa shape index (κ3) is 6.04. The third-order valence-corrected chi connectivity index (χ3v) is 1.22. The minimum Gasteiger partial charge on any atom is -0.392 e. The normalized spacial score (nSPS) is 14.1. The Morgan fingerprint density at radius 2 is 2.18 bits per heavy atom. The maximum Gasteiger partial charge on any atom is 0.160 e. The second kappa shape index (κ2) is 7.72. The second-order valence-electron chi connectivity index (χ2n) is 2.01. The first-order chi connectivity index (χ1) is 5.35. The summed E-state index contributed by atoms with van der Waals surface area (Å²) in [7, 11) is 1.60. The van der Waals surface area contributed by atoms with E-state index < -0.39 is 0 Å². The molecule has 0 aliphatic rings. The molecule has 0 aromatic heterocycles. The molecule has 1 N–H and O–H groups in total. The van der Waals surface area contributed by atoms with Gasteiger partial charge in [0.25, 0.3) is 0 Å². The molecule has 11 heavy (non-hydrogen) atoms. The number of rotatable bonds is 6. The molecule has 0 bridgehead atoms. The Bertz CT molecular complexity index is 102. The summed E-state index contributed by atoms with van der Waals surface area (Å²) in [6.07, 6.45) is 4.02. The fourth-order valence-electron chi connectivity index (χ4n) is 0.700. The van der Waals surface area contributed by atoms with Gasteiger partial charge in [0.2, 0.25) is 0 Å². The van der Waals surface area contributed by atoms with E-state index in [2.05, 4.69) is 0 Å². The van der Waals surface area contributed by atoms with E-state index in [9.17, 15) is 0 Å². The molecule has 0 heterocycles. The van der Waals surface area contributed by atoms with Crippen LogP contribution in [0.5, 0.6) is 0 Å². The summed E-state index contributed by atoms with van der Waals surface area (Å²) in [5.41, 5.74) is 0. The van der Waals surface area contributed by atoms with Crippen LogP contribution in [-0.4, -0.2) is 31.7 Å². The molecule has 0 amide bonds. The van der Waals surface area contributed by atoms with E-state index in [0.717, 1.165) is 0 Å². The smallest absolute Gasteiger partial charge is 0.160 e. The van der Waals surface area contributed by atoms with Crippen LogP contribution in [0.2, 0.25) is 0 Å². The SMILES string of the molecule is CCOC(C/C=C/CO)OC. The zero-order valence-corrected chi connectivity index (χ0v) is 7.12. The molecule has 0 rings (SSSR count). The maximum absolute atomic E-state index is 8.41. The molecule has 0 aliphatic heterocycles. The van der Waals surface area contributed by atoms with Crippen LogP contribution in [0.1, 0.15) is 13.3 Å². The highest BCUT2D eigenvalue weighted by atomic mass is 16.7. The van der Waals surface area contributed by atoms with E-state index in [-0.39, 0.29) is 12.9 Å². The van der Waals surface area contributed by atoms with Gasteiger partial charge in [-0.2, -0.15) is 0 Å². The lowest BCUT2D eigenvalue weighted by Crippen LogP contribution is -2.13. The molecular formula is C8H16O3. The van der Waals surface area contributed by atoms with Gasteiger partial charge in [-0.3, -0.25) is 0 Å². The van der Waals surface area contributed by atoms with Crippen molar-refractivity contribution in [2.75, 3.05) is 20.3 Å². The lowest BCUT2D eigenvalue weighted by Gasteiger charge is -2.12. The third-order valence-electron chi connectivity index (χ3n) is 1.22. The summed E-state index contributed by atoms with van der Waals surface area (Å²) >= 11 is 0. The summed E-state index contributed by atoms with van der Waals surface area (Å²) < 4.78 is 10.2. The molecule has 0 fully saturated rings. The van der Waals surface area contributed by atoms with Crippen LogP contribution in [0.25, 0.3) is 0 Å². The van der Waals surface area contributed by atoms with Gasteiger partial charge in [-0.05, 0) is 6.92 Å². The predicted molar refractivity (Wildman–Crippen MR) is 43.3 cm³/mol. The van der Waals surface area contributed by atoms with Crippen LogP contribution >= 0.6 is 0 Å². The van der Waals surface area contributed by atoms with Crippen molar-refractivity contribution >= 4 is 0 Å². The molecule has 0 radical (unpaired) electrons. The van der Waals surface area contributed by atoms with Crippen LogP contribution in [0.4, 0.5) is 0 Å². The van der Waals surface area contributed by atoms with Crippen LogP contribution < -0.4 is 0 Å². The number of ether oxygens (including phenoxy) is 2. The number of hydrogen-bond acceptors (Lipinski definition) is 3. The monoisotopic (exact) mass is 160 g/mol. The Kier molecular flexibility index (Phi) is 7.46. The highest BCUT2D eigenvalue weighted by molar-refractivity contribution is 4.81. The largest absolute Gasteiger partial charge is 0.392 e. The molecule has 0 aromatic carbocycles. The lowest BCUT2D eigenvalue weighted by molar-refractivity contribution is -0.116. The fraction of sp³-hybridized carbons (Fsp3) is 0.750. The Morgan fingerprint density at radius 3 is 2.64 bits per heavy atom. The maximum atomic E-state index is 8.41. The Labute approximate surface area is 67.6 Å². The summed E-state index contributed by atoms with van der Waals surface area (Å²) in [4.78, 5) is 0. The number of aliphatic hydroxyl groups excluding tert-OH is 1. The summed E-state index contributed by atoms with van der Waals surface area (Å²) in [6.45, 7) is 2.63. The van der Waals surface area contributed by atoms with E-state index in [0.29, 0.717) is 13.0 Å². The van der Waals surface area contributed by atoms with Gasteiger partial charge in [-0.25, -0.2) is 0 Å². The predicted octanol–water partition coefficient (Wildman–Crippen LogP) is 0.934.